The molecule has 0 bridgehead atoms. The van der Waals surface area contributed by atoms with Crippen LogP contribution in [0.15, 0.2) is 24.3 Å². The second-order valence-corrected chi connectivity index (χ2v) is 3.01. The highest BCUT2D eigenvalue weighted by Gasteiger charge is 2.56. The Hall–Kier alpha value is -1.91. The molecule has 1 aromatic rings. The van der Waals surface area contributed by atoms with Gasteiger partial charge < -0.3 is 9.47 Å². The van der Waals surface area contributed by atoms with Gasteiger partial charge in [0.2, 0.25) is 0 Å². The molecule has 0 fully saturated rings. The topological polar surface area (TPSA) is 52.6 Å². The van der Waals surface area contributed by atoms with E-state index in [1.165, 1.54) is 12.1 Å². The van der Waals surface area contributed by atoms with Crippen molar-refractivity contribution >= 4 is 11.8 Å². The summed E-state index contributed by atoms with van der Waals surface area (Å²) in [6, 6.07) is 5.94. The van der Waals surface area contributed by atoms with Crippen LogP contribution in [0.5, 0.6) is 5.75 Å². The van der Waals surface area contributed by atoms with Gasteiger partial charge in [-0.1, -0.05) is 12.1 Å². The fourth-order valence-corrected chi connectivity index (χ4v) is 1.38. The van der Waals surface area contributed by atoms with Crippen LogP contribution in [0.1, 0.15) is 10.4 Å². The molecule has 1 heterocycles. The first kappa shape index (κ1) is 9.64. The first-order chi connectivity index (χ1) is 7.09. The molecule has 0 N–H and O–H groups in total. The van der Waals surface area contributed by atoms with E-state index in [-0.39, 0.29) is 11.3 Å². The van der Waals surface area contributed by atoms with E-state index in [0.29, 0.717) is 0 Å². The van der Waals surface area contributed by atoms with Gasteiger partial charge in [0.25, 0.3) is 5.78 Å². The third-order valence-corrected chi connectivity index (χ3v) is 2.12. The number of Topliss-reactive ketones (excluding diaryl/α,β-unsaturated/α-hetero) is 1. The molecule has 1 aromatic carbocycles. The molecule has 78 valence electrons. The van der Waals surface area contributed by atoms with E-state index < -0.39 is 17.6 Å². The van der Waals surface area contributed by atoms with Crippen molar-refractivity contribution in [2.75, 3.05) is 7.11 Å². The van der Waals surface area contributed by atoms with Crippen LogP contribution in [0.2, 0.25) is 0 Å². The minimum Gasteiger partial charge on any atom is -0.464 e. The van der Waals surface area contributed by atoms with Crippen molar-refractivity contribution in [3.63, 3.8) is 0 Å². The van der Waals surface area contributed by atoms with Gasteiger partial charge in [-0.2, -0.15) is 4.39 Å². The molecule has 4 nitrogen and oxygen atoms in total. The molecule has 5 heteroatoms. The molecule has 2 rings (SSSR count). The van der Waals surface area contributed by atoms with E-state index in [9.17, 15) is 14.0 Å². The summed E-state index contributed by atoms with van der Waals surface area (Å²) in [5.74, 6) is -5.35. The Kier molecular flexibility index (Phi) is 1.96. The molecule has 1 aliphatic heterocycles. The molecule has 0 saturated heterocycles. The second kappa shape index (κ2) is 3.05. The highest BCUT2D eigenvalue weighted by molar-refractivity contribution is 6.17. The Morgan fingerprint density at radius 1 is 1.47 bits per heavy atom. The van der Waals surface area contributed by atoms with Crippen LogP contribution < -0.4 is 4.74 Å². The molecule has 15 heavy (non-hydrogen) atoms. The van der Waals surface area contributed by atoms with Crippen LogP contribution in [0.4, 0.5) is 4.39 Å². The largest absolute Gasteiger partial charge is 0.464 e. The van der Waals surface area contributed by atoms with Crippen molar-refractivity contribution in [2.45, 2.75) is 5.85 Å². The summed E-state index contributed by atoms with van der Waals surface area (Å²) >= 11 is 0. The summed E-state index contributed by atoms with van der Waals surface area (Å²) in [6.07, 6.45) is 0. The van der Waals surface area contributed by atoms with Gasteiger partial charge in [-0.25, -0.2) is 4.79 Å². The first-order valence-electron chi connectivity index (χ1n) is 4.20. The maximum Gasteiger partial charge on any atom is 0.410 e. The average molecular weight is 210 g/mol. The lowest BCUT2D eigenvalue weighted by Crippen LogP contribution is -2.44. The molecule has 1 atom stereocenters. The maximum atomic E-state index is 13.8. The second-order valence-electron chi connectivity index (χ2n) is 3.01. The predicted molar refractivity (Wildman–Crippen MR) is 47.3 cm³/mol. The summed E-state index contributed by atoms with van der Waals surface area (Å²) in [7, 11) is 0.989. The van der Waals surface area contributed by atoms with Crippen LogP contribution in [0.3, 0.4) is 0 Å². The first-order valence-corrected chi connectivity index (χ1v) is 4.20. The monoisotopic (exact) mass is 210 g/mol. The minimum absolute atomic E-state index is 0.0467. The average Bonchev–Trinajstić information content (AvgIpc) is 2.52. The molecular weight excluding hydrogens is 203 g/mol. The van der Waals surface area contributed by atoms with Crippen LogP contribution in [0.25, 0.3) is 0 Å². The van der Waals surface area contributed by atoms with Gasteiger partial charge in [-0.05, 0) is 12.1 Å². The number of alkyl halides is 1. The van der Waals surface area contributed by atoms with Gasteiger partial charge in [-0.3, -0.25) is 4.79 Å². The van der Waals surface area contributed by atoms with Crippen molar-refractivity contribution in [3.8, 4) is 5.75 Å². The molecular formula is C10H7FO4. The van der Waals surface area contributed by atoms with Crippen molar-refractivity contribution in [1.29, 1.82) is 0 Å². The zero-order valence-electron chi connectivity index (χ0n) is 7.82. The number of fused-ring (bicyclic) bond motifs is 1. The van der Waals surface area contributed by atoms with Crippen LogP contribution in [0, 0.1) is 0 Å². The number of ether oxygens (including phenoxy) is 2. The van der Waals surface area contributed by atoms with E-state index >= 15 is 0 Å². The number of ketones is 1. The third-order valence-electron chi connectivity index (χ3n) is 2.12. The zero-order valence-corrected chi connectivity index (χ0v) is 7.82. The summed E-state index contributed by atoms with van der Waals surface area (Å²) in [6.45, 7) is 0. The van der Waals surface area contributed by atoms with Crippen LogP contribution in [-0.2, 0) is 9.53 Å². The number of esters is 1. The molecule has 0 spiro atoms. The maximum absolute atomic E-state index is 13.8. The minimum atomic E-state index is -3.03. The van der Waals surface area contributed by atoms with Crippen molar-refractivity contribution in [2.24, 2.45) is 0 Å². The number of carbonyl (C=O) groups excluding carboxylic acids is 2. The van der Waals surface area contributed by atoms with E-state index in [1.807, 2.05) is 0 Å². The Balaban J connectivity index is 2.47. The van der Waals surface area contributed by atoms with Gasteiger partial charge in [-0.15, -0.1) is 0 Å². The van der Waals surface area contributed by atoms with Crippen LogP contribution >= 0.6 is 0 Å². The lowest BCUT2D eigenvalue weighted by atomic mass is 10.1. The summed E-state index contributed by atoms with van der Waals surface area (Å²) < 4.78 is 22.7. The van der Waals surface area contributed by atoms with Gasteiger partial charge in [0, 0.05) is 0 Å². The summed E-state index contributed by atoms with van der Waals surface area (Å²) in [4.78, 5) is 22.6. The summed E-state index contributed by atoms with van der Waals surface area (Å²) in [5.41, 5.74) is 0.0467. The molecule has 0 radical (unpaired) electrons. The lowest BCUT2D eigenvalue weighted by Gasteiger charge is -2.13. The number of benzene rings is 1. The van der Waals surface area contributed by atoms with Gasteiger partial charge >= 0.3 is 11.8 Å². The molecule has 0 saturated carbocycles. The quantitative estimate of drug-likeness (QED) is 0.514. The van der Waals surface area contributed by atoms with Crippen molar-refractivity contribution in [1.82, 2.24) is 0 Å². The SMILES string of the molecule is COC(=O)[C@]1(F)Oc2ccccc2C1=O. The molecule has 1 aliphatic rings. The Labute approximate surface area is 84.6 Å². The zero-order chi connectivity index (χ0) is 11.1. The Morgan fingerprint density at radius 2 is 2.13 bits per heavy atom. The van der Waals surface area contributed by atoms with Crippen molar-refractivity contribution < 1.29 is 23.5 Å². The van der Waals surface area contributed by atoms with E-state index in [4.69, 9.17) is 0 Å². The van der Waals surface area contributed by atoms with Gasteiger partial charge in [0.15, 0.2) is 0 Å². The third kappa shape index (κ3) is 1.20. The number of rotatable bonds is 1. The standard InChI is InChI=1S/C10H7FO4/c1-14-9(13)10(11)8(12)6-4-2-3-5-7(6)15-10/h2-5H,1H3/t10-/m1/s1. The molecule has 0 aliphatic carbocycles. The number of hydrogen-bond acceptors (Lipinski definition) is 4. The smallest absolute Gasteiger partial charge is 0.410 e. The summed E-state index contributed by atoms with van der Waals surface area (Å²) in [5, 5.41) is 0. The number of methoxy groups -OCH3 is 1. The predicted octanol–water partition coefficient (Wildman–Crippen LogP) is 1.10. The Bertz CT molecular complexity index is 443. The van der Waals surface area contributed by atoms with Crippen molar-refractivity contribution in [3.05, 3.63) is 29.8 Å². The highest BCUT2D eigenvalue weighted by atomic mass is 19.2. The number of hydrogen-bond donors (Lipinski definition) is 0. The number of halogens is 1. The number of carbonyl (C=O) groups is 2. The molecule has 0 amide bonds. The molecule has 0 aromatic heterocycles. The normalized spacial score (nSPS) is 23.2. The van der Waals surface area contributed by atoms with E-state index in [2.05, 4.69) is 9.47 Å². The molecule has 0 unspecified atom stereocenters. The fourth-order valence-electron chi connectivity index (χ4n) is 1.38. The fraction of sp³-hybridized carbons (Fsp3) is 0.200. The van der Waals surface area contributed by atoms with Gasteiger partial charge in [0.1, 0.15) is 5.75 Å². The highest BCUT2D eigenvalue weighted by Crippen LogP contribution is 2.36. The van der Waals surface area contributed by atoms with E-state index in [1.54, 1.807) is 12.1 Å². The van der Waals surface area contributed by atoms with Crippen LogP contribution in [-0.4, -0.2) is 24.7 Å². The van der Waals surface area contributed by atoms with Gasteiger partial charge in [0.05, 0.1) is 12.7 Å². The van der Waals surface area contributed by atoms with E-state index in [0.717, 1.165) is 7.11 Å². The number of para-hydroxylation sites is 1. The Morgan fingerprint density at radius 3 is 2.73 bits per heavy atom. The lowest BCUT2D eigenvalue weighted by molar-refractivity contribution is -0.166.